The van der Waals surface area contributed by atoms with Crippen molar-refractivity contribution in [1.29, 1.82) is 0 Å². The number of rotatable bonds is 2. The molecule has 0 unspecified atom stereocenters. The van der Waals surface area contributed by atoms with Gasteiger partial charge in [-0.15, -0.1) is 0 Å². The van der Waals surface area contributed by atoms with Crippen LogP contribution in [0.1, 0.15) is 5.56 Å². The fourth-order valence-electron chi connectivity index (χ4n) is 0.917. The van der Waals surface area contributed by atoms with Gasteiger partial charge in [-0.05, 0) is 6.07 Å². The van der Waals surface area contributed by atoms with E-state index < -0.39 is 35.4 Å². The Bertz CT molecular complexity index is 393. The average Bonchev–Trinajstić information content (AvgIpc) is 2.09. The van der Waals surface area contributed by atoms with Gasteiger partial charge in [0, 0.05) is 10.0 Å². The molecule has 0 radical (unpaired) electrons. The third kappa shape index (κ3) is 2.06. The van der Waals surface area contributed by atoms with E-state index in [1.807, 2.05) is 0 Å². The third-order valence-electron chi connectivity index (χ3n) is 1.54. The van der Waals surface area contributed by atoms with E-state index in [0.29, 0.717) is 6.07 Å². The standard InChI is InChI=1S/C8H4BrF3O2/c9-4-2-5(10)8(12)7(11)3(4)1-6(13)14/h2H,1H2,(H,13,14). The summed E-state index contributed by atoms with van der Waals surface area (Å²) in [5.41, 5.74) is -0.406. The van der Waals surface area contributed by atoms with Crippen LogP contribution >= 0.6 is 15.9 Å². The van der Waals surface area contributed by atoms with Crippen molar-refractivity contribution in [2.24, 2.45) is 0 Å². The highest BCUT2D eigenvalue weighted by atomic mass is 79.9. The molecule has 0 aromatic heterocycles. The molecule has 2 nitrogen and oxygen atoms in total. The van der Waals surface area contributed by atoms with Crippen LogP contribution in [0.5, 0.6) is 0 Å². The Morgan fingerprint density at radius 1 is 1.36 bits per heavy atom. The molecule has 1 aromatic carbocycles. The molecule has 1 N–H and O–H groups in total. The Morgan fingerprint density at radius 3 is 2.43 bits per heavy atom. The van der Waals surface area contributed by atoms with Crippen molar-refractivity contribution in [3.63, 3.8) is 0 Å². The molecule has 76 valence electrons. The second-order valence-corrected chi connectivity index (χ2v) is 3.37. The molecule has 1 aromatic rings. The van der Waals surface area contributed by atoms with Crippen molar-refractivity contribution in [1.82, 2.24) is 0 Å². The molecule has 0 spiro atoms. The van der Waals surface area contributed by atoms with E-state index in [1.54, 1.807) is 0 Å². The maximum Gasteiger partial charge on any atom is 0.307 e. The van der Waals surface area contributed by atoms with Gasteiger partial charge in [0.2, 0.25) is 0 Å². The second kappa shape index (κ2) is 4.00. The van der Waals surface area contributed by atoms with Gasteiger partial charge < -0.3 is 5.11 Å². The second-order valence-electron chi connectivity index (χ2n) is 2.52. The van der Waals surface area contributed by atoms with Crippen molar-refractivity contribution < 1.29 is 23.1 Å². The minimum atomic E-state index is -1.66. The fourth-order valence-corrected chi connectivity index (χ4v) is 1.43. The molecule has 0 aliphatic rings. The number of benzene rings is 1. The zero-order chi connectivity index (χ0) is 10.9. The zero-order valence-corrected chi connectivity index (χ0v) is 8.24. The van der Waals surface area contributed by atoms with Gasteiger partial charge in [-0.1, -0.05) is 15.9 Å². The van der Waals surface area contributed by atoms with Gasteiger partial charge in [-0.3, -0.25) is 4.79 Å². The molecule has 0 saturated heterocycles. The van der Waals surface area contributed by atoms with E-state index in [2.05, 4.69) is 15.9 Å². The molecule has 0 atom stereocenters. The Balaban J connectivity index is 3.29. The molecule has 0 amide bonds. The first-order valence-electron chi connectivity index (χ1n) is 3.47. The highest BCUT2D eigenvalue weighted by Gasteiger charge is 2.19. The lowest BCUT2D eigenvalue weighted by molar-refractivity contribution is -0.136. The van der Waals surface area contributed by atoms with E-state index in [4.69, 9.17) is 5.11 Å². The van der Waals surface area contributed by atoms with E-state index in [-0.39, 0.29) is 4.47 Å². The number of halogens is 4. The number of carbonyl (C=O) groups is 1. The van der Waals surface area contributed by atoms with Crippen LogP contribution in [0.2, 0.25) is 0 Å². The predicted octanol–water partition coefficient (Wildman–Crippen LogP) is 2.49. The van der Waals surface area contributed by atoms with Crippen molar-refractivity contribution in [2.45, 2.75) is 6.42 Å². The normalized spacial score (nSPS) is 10.3. The molecule has 1 rings (SSSR count). The first kappa shape index (κ1) is 11.0. The zero-order valence-electron chi connectivity index (χ0n) is 6.65. The Morgan fingerprint density at radius 2 is 1.93 bits per heavy atom. The minimum Gasteiger partial charge on any atom is -0.481 e. The van der Waals surface area contributed by atoms with E-state index in [0.717, 1.165) is 0 Å². The van der Waals surface area contributed by atoms with E-state index in [1.165, 1.54) is 0 Å². The number of carboxylic acid groups (broad SMARTS) is 1. The van der Waals surface area contributed by atoms with Gasteiger partial charge in [-0.25, -0.2) is 13.2 Å². The smallest absolute Gasteiger partial charge is 0.307 e. The Hall–Kier alpha value is -1.04. The van der Waals surface area contributed by atoms with Gasteiger partial charge in [0.15, 0.2) is 17.5 Å². The summed E-state index contributed by atoms with van der Waals surface area (Å²) < 4.78 is 38.1. The lowest BCUT2D eigenvalue weighted by Crippen LogP contribution is -2.06. The molecular weight excluding hydrogens is 265 g/mol. The van der Waals surface area contributed by atoms with Crippen molar-refractivity contribution in [3.05, 3.63) is 33.6 Å². The predicted molar refractivity (Wildman–Crippen MR) is 45.4 cm³/mol. The first-order chi connectivity index (χ1) is 6.43. The molecule has 0 fully saturated rings. The lowest BCUT2D eigenvalue weighted by atomic mass is 10.1. The first-order valence-corrected chi connectivity index (χ1v) is 4.26. The highest BCUT2D eigenvalue weighted by molar-refractivity contribution is 9.10. The van der Waals surface area contributed by atoms with Crippen LogP contribution in [0.4, 0.5) is 13.2 Å². The van der Waals surface area contributed by atoms with Crippen LogP contribution < -0.4 is 0 Å². The van der Waals surface area contributed by atoms with Gasteiger partial charge in [0.05, 0.1) is 6.42 Å². The van der Waals surface area contributed by atoms with E-state index in [9.17, 15) is 18.0 Å². The SMILES string of the molecule is O=C(O)Cc1c(Br)cc(F)c(F)c1F. The van der Waals surface area contributed by atoms with E-state index >= 15 is 0 Å². The van der Waals surface area contributed by atoms with Crippen molar-refractivity contribution in [3.8, 4) is 0 Å². The quantitative estimate of drug-likeness (QED) is 0.661. The molecule has 14 heavy (non-hydrogen) atoms. The summed E-state index contributed by atoms with van der Waals surface area (Å²) in [5.74, 6) is -5.82. The summed E-state index contributed by atoms with van der Waals surface area (Å²) in [4.78, 5) is 10.3. The third-order valence-corrected chi connectivity index (χ3v) is 2.24. The van der Waals surface area contributed by atoms with Crippen LogP contribution in [0.25, 0.3) is 0 Å². The number of hydrogen-bond donors (Lipinski definition) is 1. The van der Waals surface area contributed by atoms with Gasteiger partial charge >= 0.3 is 5.97 Å². The van der Waals surface area contributed by atoms with Crippen LogP contribution in [0.15, 0.2) is 10.5 Å². The molecular formula is C8H4BrF3O2. The molecule has 0 aliphatic heterocycles. The van der Waals surface area contributed by atoms with Crippen LogP contribution in [-0.4, -0.2) is 11.1 Å². The van der Waals surface area contributed by atoms with Crippen LogP contribution in [0.3, 0.4) is 0 Å². The highest BCUT2D eigenvalue weighted by Crippen LogP contribution is 2.24. The summed E-state index contributed by atoms with van der Waals surface area (Å²) in [6, 6.07) is 0.691. The average molecular weight is 269 g/mol. The summed E-state index contributed by atoms with van der Waals surface area (Å²) in [5, 5.41) is 8.37. The fraction of sp³-hybridized carbons (Fsp3) is 0.125. The summed E-state index contributed by atoms with van der Waals surface area (Å²) >= 11 is 2.75. The van der Waals surface area contributed by atoms with Crippen molar-refractivity contribution in [2.75, 3.05) is 0 Å². The number of aliphatic carboxylic acids is 1. The Kier molecular flexibility index (Phi) is 3.15. The molecule has 0 saturated carbocycles. The number of hydrogen-bond acceptors (Lipinski definition) is 1. The summed E-state index contributed by atoms with van der Waals surface area (Å²) in [6.45, 7) is 0. The largest absolute Gasteiger partial charge is 0.481 e. The lowest BCUT2D eigenvalue weighted by Gasteiger charge is -2.04. The maximum absolute atomic E-state index is 13.0. The van der Waals surface area contributed by atoms with Crippen LogP contribution in [-0.2, 0) is 11.2 Å². The van der Waals surface area contributed by atoms with Gasteiger partial charge in [-0.2, -0.15) is 0 Å². The molecule has 0 bridgehead atoms. The van der Waals surface area contributed by atoms with Gasteiger partial charge in [0.1, 0.15) is 0 Å². The van der Waals surface area contributed by atoms with Crippen molar-refractivity contribution >= 4 is 21.9 Å². The monoisotopic (exact) mass is 268 g/mol. The number of carboxylic acids is 1. The van der Waals surface area contributed by atoms with Gasteiger partial charge in [0.25, 0.3) is 0 Å². The minimum absolute atomic E-state index is 0.101. The molecule has 6 heteroatoms. The maximum atomic E-state index is 13.0. The molecule has 0 heterocycles. The van der Waals surface area contributed by atoms with Crippen LogP contribution in [0, 0.1) is 17.5 Å². The topological polar surface area (TPSA) is 37.3 Å². The summed E-state index contributed by atoms with van der Waals surface area (Å²) in [7, 11) is 0. The summed E-state index contributed by atoms with van der Waals surface area (Å²) in [6.07, 6.45) is -0.705. The Labute approximate surface area is 85.5 Å². The molecule has 0 aliphatic carbocycles.